The van der Waals surface area contributed by atoms with Crippen LogP contribution in [-0.2, 0) is 4.79 Å². The van der Waals surface area contributed by atoms with Crippen molar-refractivity contribution in [3.05, 3.63) is 30.0 Å². The molecule has 1 heterocycles. The summed E-state index contributed by atoms with van der Waals surface area (Å²) in [5.41, 5.74) is 2.49. The van der Waals surface area contributed by atoms with E-state index in [1.54, 1.807) is 12.1 Å². The molecule has 3 N–H and O–H groups in total. The van der Waals surface area contributed by atoms with Crippen molar-refractivity contribution in [1.82, 2.24) is 15.1 Å². The first kappa shape index (κ1) is 15.7. The van der Waals surface area contributed by atoms with Gasteiger partial charge in [0.2, 0.25) is 5.91 Å². The first-order valence-corrected chi connectivity index (χ1v) is 8.53. The van der Waals surface area contributed by atoms with E-state index in [2.05, 4.69) is 15.7 Å². The highest BCUT2D eigenvalue weighted by molar-refractivity contribution is 5.89. The maximum absolute atomic E-state index is 12.4. The summed E-state index contributed by atoms with van der Waals surface area (Å²) in [4.78, 5) is 23.6. The molecule has 4 rings (SSSR count). The molecule has 0 unspecified atom stereocenters. The number of hydrogen-bond donors (Lipinski definition) is 3. The van der Waals surface area contributed by atoms with Crippen molar-refractivity contribution in [2.75, 3.05) is 5.32 Å². The lowest BCUT2D eigenvalue weighted by atomic mass is 10.1. The molecule has 0 spiro atoms. The van der Waals surface area contributed by atoms with Gasteiger partial charge in [0.05, 0.1) is 11.4 Å². The summed E-state index contributed by atoms with van der Waals surface area (Å²) in [7, 11) is 0. The fourth-order valence-corrected chi connectivity index (χ4v) is 2.85. The number of rotatable bonds is 4. The van der Waals surface area contributed by atoms with E-state index in [0.29, 0.717) is 22.9 Å². The van der Waals surface area contributed by atoms with Crippen molar-refractivity contribution in [2.45, 2.75) is 44.6 Å². The molecule has 0 saturated heterocycles. The lowest BCUT2D eigenvalue weighted by Crippen LogP contribution is -2.32. The van der Waals surface area contributed by atoms with Crippen molar-refractivity contribution in [3.63, 3.8) is 0 Å². The Bertz CT molecular complexity index is 850. The Morgan fingerprint density at radius 2 is 1.96 bits per heavy atom. The molecule has 2 aliphatic rings. The molecule has 130 valence electrons. The molecule has 0 aliphatic heterocycles. The van der Waals surface area contributed by atoms with Gasteiger partial charge in [-0.25, -0.2) is 4.79 Å². The number of amides is 2. The SMILES string of the molecule is CC(=O)Nc1ccc(-c2cc(C3CC3)n(C(=O)NC3CC3)n2)c(O)c1. The molecule has 0 bridgehead atoms. The molecular formula is C18H20N4O3. The van der Waals surface area contributed by atoms with Crippen molar-refractivity contribution in [1.29, 1.82) is 0 Å². The van der Waals surface area contributed by atoms with E-state index in [4.69, 9.17) is 0 Å². The summed E-state index contributed by atoms with van der Waals surface area (Å²) in [6, 6.07) is 6.82. The molecule has 7 heteroatoms. The Morgan fingerprint density at radius 3 is 2.56 bits per heavy atom. The lowest BCUT2D eigenvalue weighted by molar-refractivity contribution is -0.114. The number of phenols is 1. The van der Waals surface area contributed by atoms with Crippen LogP contribution in [0.5, 0.6) is 5.75 Å². The highest BCUT2D eigenvalue weighted by atomic mass is 16.3. The number of carbonyl (C=O) groups excluding carboxylic acids is 2. The minimum absolute atomic E-state index is 0.0147. The van der Waals surface area contributed by atoms with Crippen LogP contribution in [0.25, 0.3) is 11.3 Å². The quantitative estimate of drug-likeness (QED) is 0.797. The zero-order valence-corrected chi connectivity index (χ0v) is 14.0. The van der Waals surface area contributed by atoms with Gasteiger partial charge in [-0.3, -0.25) is 4.79 Å². The average molecular weight is 340 g/mol. The van der Waals surface area contributed by atoms with E-state index >= 15 is 0 Å². The smallest absolute Gasteiger partial charge is 0.342 e. The number of anilines is 1. The summed E-state index contributed by atoms with van der Waals surface area (Å²) in [6.07, 6.45) is 4.14. The largest absolute Gasteiger partial charge is 0.507 e. The van der Waals surface area contributed by atoms with E-state index < -0.39 is 0 Å². The van der Waals surface area contributed by atoms with Crippen molar-refractivity contribution < 1.29 is 14.7 Å². The first-order chi connectivity index (χ1) is 12.0. The number of carbonyl (C=O) groups is 2. The van der Waals surface area contributed by atoms with E-state index in [1.165, 1.54) is 17.7 Å². The number of aromatic nitrogens is 2. The van der Waals surface area contributed by atoms with Crippen molar-refractivity contribution >= 4 is 17.6 Å². The van der Waals surface area contributed by atoms with Crippen LogP contribution in [0.4, 0.5) is 10.5 Å². The van der Waals surface area contributed by atoms with Gasteiger partial charge in [-0.1, -0.05) is 0 Å². The molecule has 2 aromatic rings. The third kappa shape index (κ3) is 3.35. The fourth-order valence-electron chi connectivity index (χ4n) is 2.85. The standard InChI is InChI=1S/C18H20N4O3/c1-10(23)19-13-6-7-14(17(24)8-13)15-9-16(11-2-3-11)22(21-15)18(25)20-12-4-5-12/h6-9,11-12,24H,2-5H2,1H3,(H,19,23)(H,20,25). The van der Waals surface area contributed by atoms with E-state index in [-0.39, 0.29) is 23.7 Å². The Hall–Kier alpha value is -2.83. The molecule has 0 radical (unpaired) electrons. The zero-order chi connectivity index (χ0) is 17.6. The Balaban J connectivity index is 1.65. The van der Waals surface area contributed by atoms with Crippen molar-refractivity contribution in [2.24, 2.45) is 0 Å². The normalized spacial score (nSPS) is 16.5. The minimum atomic E-state index is -0.204. The second-order valence-electron chi connectivity index (χ2n) is 6.78. The number of nitrogens with zero attached hydrogens (tertiary/aromatic N) is 2. The van der Waals surface area contributed by atoms with Crippen molar-refractivity contribution in [3.8, 4) is 17.0 Å². The molecule has 0 atom stereocenters. The van der Waals surface area contributed by atoms with Gasteiger partial charge < -0.3 is 15.7 Å². The minimum Gasteiger partial charge on any atom is -0.507 e. The number of nitrogens with one attached hydrogen (secondary N) is 2. The first-order valence-electron chi connectivity index (χ1n) is 8.53. The van der Waals surface area contributed by atoms with E-state index in [9.17, 15) is 14.7 Å². The molecule has 7 nitrogen and oxygen atoms in total. The fraction of sp³-hybridized carbons (Fsp3) is 0.389. The predicted octanol–water partition coefficient (Wildman–Crippen LogP) is 2.81. The highest BCUT2D eigenvalue weighted by Gasteiger charge is 2.32. The van der Waals surface area contributed by atoms with Crippen LogP contribution < -0.4 is 10.6 Å². The molecular weight excluding hydrogens is 320 g/mol. The van der Waals surface area contributed by atoms with Gasteiger partial charge in [0.15, 0.2) is 0 Å². The van der Waals surface area contributed by atoms with Crippen LogP contribution in [-0.4, -0.2) is 32.9 Å². The lowest BCUT2D eigenvalue weighted by Gasteiger charge is -2.07. The molecule has 1 aromatic heterocycles. The van der Waals surface area contributed by atoms with Gasteiger partial charge in [-0.15, -0.1) is 0 Å². The van der Waals surface area contributed by atoms with Gasteiger partial charge in [0.25, 0.3) is 0 Å². The van der Waals surface area contributed by atoms with Gasteiger partial charge >= 0.3 is 6.03 Å². The molecule has 2 saturated carbocycles. The van der Waals surface area contributed by atoms with E-state index in [1.807, 2.05) is 6.07 Å². The Labute approximate surface area is 145 Å². The number of phenolic OH excluding ortho intramolecular Hbond substituents is 1. The monoisotopic (exact) mass is 340 g/mol. The summed E-state index contributed by atoms with van der Waals surface area (Å²) < 4.78 is 1.44. The number of hydrogen-bond acceptors (Lipinski definition) is 4. The second-order valence-corrected chi connectivity index (χ2v) is 6.78. The van der Waals surface area contributed by atoms with Gasteiger partial charge in [0, 0.05) is 36.2 Å². The van der Waals surface area contributed by atoms with Crippen LogP contribution in [0.3, 0.4) is 0 Å². The van der Waals surface area contributed by atoms with Gasteiger partial charge in [-0.2, -0.15) is 9.78 Å². The highest BCUT2D eigenvalue weighted by Crippen LogP contribution is 2.42. The molecule has 1 aromatic carbocycles. The van der Waals surface area contributed by atoms with Gasteiger partial charge in [0.1, 0.15) is 5.75 Å². The third-order valence-electron chi connectivity index (χ3n) is 4.42. The maximum atomic E-state index is 12.4. The maximum Gasteiger partial charge on any atom is 0.342 e. The van der Waals surface area contributed by atoms with E-state index in [0.717, 1.165) is 31.4 Å². The second kappa shape index (κ2) is 5.91. The summed E-state index contributed by atoms with van der Waals surface area (Å²) in [5.74, 6) is 0.164. The van der Waals surface area contributed by atoms with Crippen LogP contribution in [0.15, 0.2) is 24.3 Å². The summed E-state index contributed by atoms with van der Waals surface area (Å²) >= 11 is 0. The van der Waals surface area contributed by atoms with Crippen LogP contribution in [0, 0.1) is 0 Å². The van der Waals surface area contributed by atoms with Crippen LogP contribution in [0.1, 0.15) is 44.2 Å². The van der Waals surface area contributed by atoms with Gasteiger partial charge in [-0.05, 0) is 43.9 Å². The Morgan fingerprint density at radius 1 is 1.20 bits per heavy atom. The van der Waals surface area contributed by atoms with Crippen LogP contribution >= 0.6 is 0 Å². The summed E-state index contributed by atoms with van der Waals surface area (Å²) in [5, 5.41) is 20.3. The Kier molecular flexibility index (Phi) is 3.71. The predicted molar refractivity (Wildman–Crippen MR) is 92.6 cm³/mol. The number of benzene rings is 1. The third-order valence-corrected chi connectivity index (χ3v) is 4.42. The molecule has 2 amide bonds. The summed E-state index contributed by atoms with van der Waals surface area (Å²) in [6.45, 7) is 1.41. The molecule has 2 fully saturated rings. The zero-order valence-electron chi connectivity index (χ0n) is 14.0. The molecule has 25 heavy (non-hydrogen) atoms. The molecule has 2 aliphatic carbocycles. The number of aromatic hydroxyl groups is 1. The van der Waals surface area contributed by atoms with Crippen LogP contribution in [0.2, 0.25) is 0 Å². The average Bonchev–Trinajstić information content (AvgIpc) is 3.47. The topological polar surface area (TPSA) is 96.3 Å².